The highest BCUT2D eigenvalue weighted by Crippen LogP contribution is 2.16. The predicted molar refractivity (Wildman–Crippen MR) is 74.9 cm³/mol. The molecule has 1 saturated heterocycles. The molecule has 7 heteroatoms. The van der Waals surface area contributed by atoms with E-state index >= 15 is 0 Å². The van der Waals surface area contributed by atoms with Crippen molar-refractivity contribution in [2.75, 3.05) is 18.9 Å². The molecular weight excluding hydrogens is 312 g/mol. The minimum absolute atomic E-state index is 0.0601. The average molecular weight is 327 g/mol. The molecule has 1 fully saturated rings. The molecule has 0 radical (unpaired) electrons. The topological polar surface area (TPSA) is 74.3 Å². The lowest BCUT2D eigenvalue weighted by Gasteiger charge is -2.13. The highest BCUT2D eigenvalue weighted by Gasteiger charge is 2.30. The van der Waals surface area contributed by atoms with Crippen LogP contribution in [0.25, 0.3) is 0 Å². The monoisotopic (exact) mass is 326 g/mol. The average Bonchev–Trinajstić information content (AvgIpc) is 2.66. The first-order valence-corrected chi connectivity index (χ1v) is 6.72. The third-order valence-electron chi connectivity index (χ3n) is 3.00. The van der Waals surface area contributed by atoms with Crippen molar-refractivity contribution in [3.05, 3.63) is 22.3 Å². The predicted octanol–water partition coefficient (Wildman–Crippen LogP) is 1.50. The number of amides is 3. The van der Waals surface area contributed by atoms with Gasteiger partial charge in [-0.25, -0.2) is 9.78 Å². The summed E-state index contributed by atoms with van der Waals surface area (Å²) in [7, 11) is 1.72. The van der Waals surface area contributed by atoms with E-state index in [1.54, 1.807) is 18.0 Å². The molecule has 19 heavy (non-hydrogen) atoms. The van der Waals surface area contributed by atoms with Crippen LogP contribution < -0.4 is 10.6 Å². The van der Waals surface area contributed by atoms with Crippen LogP contribution in [0.15, 0.2) is 16.6 Å². The Labute approximate surface area is 119 Å². The number of nitrogens with zero attached hydrogens (tertiary/aromatic N) is 2. The lowest BCUT2D eigenvalue weighted by molar-refractivity contribution is -0.128. The number of halogens is 1. The number of urea groups is 1. The highest BCUT2D eigenvalue weighted by atomic mass is 79.9. The molecule has 2 heterocycles. The molecule has 1 aliphatic heterocycles. The van der Waals surface area contributed by atoms with Crippen LogP contribution in [0, 0.1) is 6.92 Å². The zero-order chi connectivity index (χ0) is 14.0. The van der Waals surface area contributed by atoms with Gasteiger partial charge in [-0.2, -0.15) is 0 Å². The van der Waals surface area contributed by atoms with E-state index in [1.807, 2.05) is 13.0 Å². The number of carbonyl (C=O) groups excluding carboxylic acids is 2. The number of pyridine rings is 1. The Hall–Kier alpha value is -1.63. The first-order chi connectivity index (χ1) is 8.97. The molecule has 2 rings (SSSR count). The molecule has 1 unspecified atom stereocenters. The third kappa shape index (κ3) is 3.23. The second kappa shape index (κ2) is 5.56. The Morgan fingerprint density at radius 2 is 2.26 bits per heavy atom. The molecule has 0 spiro atoms. The molecule has 6 nitrogen and oxygen atoms in total. The van der Waals surface area contributed by atoms with Crippen LogP contribution in [-0.4, -0.2) is 41.5 Å². The Kier molecular flexibility index (Phi) is 4.04. The van der Waals surface area contributed by atoms with E-state index in [0.29, 0.717) is 18.8 Å². The fourth-order valence-corrected chi connectivity index (χ4v) is 2.10. The van der Waals surface area contributed by atoms with E-state index in [2.05, 4.69) is 31.5 Å². The fraction of sp³-hybridized carbons (Fsp3) is 0.417. The van der Waals surface area contributed by atoms with Gasteiger partial charge in [0.05, 0.1) is 5.69 Å². The van der Waals surface area contributed by atoms with Gasteiger partial charge in [-0.05, 0) is 41.4 Å². The maximum absolute atomic E-state index is 11.8. The Balaban J connectivity index is 1.94. The second-order valence-corrected chi connectivity index (χ2v) is 5.32. The summed E-state index contributed by atoms with van der Waals surface area (Å²) >= 11 is 3.34. The molecule has 0 saturated carbocycles. The van der Waals surface area contributed by atoms with Crippen LogP contribution in [-0.2, 0) is 4.79 Å². The van der Waals surface area contributed by atoms with Gasteiger partial charge in [0.2, 0.25) is 5.91 Å². The molecule has 2 N–H and O–H groups in total. The Morgan fingerprint density at radius 3 is 2.84 bits per heavy atom. The van der Waals surface area contributed by atoms with Crippen LogP contribution in [0.3, 0.4) is 0 Å². The minimum Gasteiger partial charge on any atom is -0.344 e. The number of rotatable bonds is 2. The minimum atomic E-state index is -0.443. The lowest BCUT2D eigenvalue weighted by Crippen LogP contribution is -2.42. The van der Waals surface area contributed by atoms with E-state index in [1.165, 1.54) is 0 Å². The Bertz CT molecular complexity index is 520. The lowest BCUT2D eigenvalue weighted by atomic mass is 10.2. The summed E-state index contributed by atoms with van der Waals surface area (Å²) < 4.78 is 0.881. The van der Waals surface area contributed by atoms with Crippen molar-refractivity contribution in [2.24, 2.45) is 0 Å². The van der Waals surface area contributed by atoms with Crippen molar-refractivity contribution in [2.45, 2.75) is 19.4 Å². The molecule has 3 amide bonds. The molecule has 0 aliphatic carbocycles. The SMILES string of the molecule is Cc1nc(NC(=O)NC2CCN(C)C2=O)ccc1Br. The summed E-state index contributed by atoms with van der Waals surface area (Å²) in [6.45, 7) is 2.50. The van der Waals surface area contributed by atoms with Gasteiger partial charge < -0.3 is 10.2 Å². The van der Waals surface area contributed by atoms with Crippen molar-refractivity contribution in [3.63, 3.8) is 0 Å². The first-order valence-electron chi connectivity index (χ1n) is 5.93. The number of hydrogen-bond acceptors (Lipinski definition) is 3. The molecule has 0 aromatic carbocycles. The quantitative estimate of drug-likeness (QED) is 0.865. The van der Waals surface area contributed by atoms with Crippen LogP contribution in [0.4, 0.5) is 10.6 Å². The molecule has 1 aliphatic rings. The molecule has 1 aromatic heterocycles. The summed E-state index contributed by atoms with van der Waals surface area (Å²) in [6, 6.07) is 2.65. The van der Waals surface area contributed by atoms with Gasteiger partial charge in [0.1, 0.15) is 11.9 Å². The van der Waals surface area contributed by atoms with Gasteiger partial charge in [0.25, 0.3) is 0 Å². The number of aromatic nitrogens is 1. The summed E-state index contributed by atoms with van der Waals surface area (Å²) in [6.07, 6.45) is 0.634. The number of anilines is 1. The van der Waals surface area contributed by atoms with Crippen molar-refractivity contribution < 1.29 is 9.59 Å². The van der Waals surface area contributed by atoms with Gasteiger partial charge in [0, 0.05) is 18.1 Å². The molecular formula is C12H15BrN4O2. The number of likely N-dealkylation sites (tertiary alicyclic amines) is 1. The first kappa shape index (κ1) is 13.8. The van der Waals surface area contributed by atoms with Crippen LogP contribution in [0.2, 0.25) is 0 Å². The zero-order valence-electron chi connectivity index (χ0n) is 10.7. The third-order valence-corrected chi connectivity index (χ3v) is 3.83. The van der Waals surface area contributed by atoms with Gasteiger partial charge in [-0.1, -0.05) is 0 Å². The fourth-order valence-electron chi connectivity index (χ4n) is 1.88. The summed E-state index contributed by atoms with van der Waals surface area (Å²) in [5.41, 5.74) is 0.787. The maximum atomic E-state index is 11.8. The second-order valence-electron chi connectivity index (χ2n) is 4.46. The van der Waals surface area contributed by atoms with Gasteiger partial charge in [-0.15, -0.1) is 0 Å². The molecule has 1 aromatic rings. The Morgan fingerprint density at radius 1 is 1.53 bits per heavy atom. The normalized spacial score (nSPS) is 18.6. The number of likely N-dealkylation sites (N-methyl/N-ethyl adjacent to an activating group) is 1. The number of nitrogens with one attached hydrogen (secondary N) is 2. The molecule has 0 bridgehead atoms. The molecule has 102 valence electrons. The van der Waals surface area contributed by atoms with Crippen LogP contribution in [0.1, 0.15) is 12.1 Å². The van der Waals surface area contributed by atoms with Crippen molar-refractivity contribution in [1.29, 1.82) is 0 Å². The zero-order valence-corrected chi connectivity index (χ0v) is 12.3. The van der Waals surface area contributed by atoms with E-state index in [0.717, 1.165) is 10.2 Å². The summed E-state index contributed by atoms with van der Waals surface area (Å²) in [4.78, 5) is 29.2. The van der Waals surface area contributed by atoms with Gasteiger partial charge in [0.15, 0.2) is 0 Å². The molecule has 1 atom stereocenters. The number of hydrogen-bond donors (Lipinski definition) is 2. The maximum Gasteiger partial charge on any atom is 0.321 e. The van der Waals surface area contributed by atoms with E-state index in [9.17, 15) is 9.59 Å². The van der Waals surface area contributed by atoms with Crippen LogP contribution in [0.5, 0.6) is 0 Å². The number of carbonyl (C=O) groups is 2. The smallest absolute Gasteiger partial charge is 0.321 e. The van der Waals surface area contributed by atoms with E-state index in [4.69, 9.17) is 0 Å². The van der Waals surface area contributed by atoms with Crippen molar-refractivity contribution >= 4 is 33.7 Å². The largest absolute Gasteiger partial charge is 0.344 e. The van der Waals surface area contributed by atoms with Crippen molar-refractivity contribution in [1.82, 2.24) is 15.2 Å². The van der Waals surface area contributed by atoms with Gasteiger partial charge >= 0.3 is 6.03 Å². The summed E-state index contributed by atoms with van der Waals surface area (Å²) in [5, 5.41) is 5.27. The number of aryl methyl sites for hydroxylation is 1. The van der Waals surface area contributed by atoms with Gasteiger partial charge in [-0.3, -0.25) is 10.1 Å². The standard InChI is InChI=1S/C12H15BrN4O2/c1-7-8(13)3-4-10(14-7)16-12(19)15-9-5-6-17(2)11(9)18/h3-4,9H,5-6H2,1-2H3,(H2,14,15,16,19). The van der Waals surface area contributed by atoms with Crippen molar-refractivity contribution in [3.8, 4) is 0 Å². The highest BCUT2D eigenvalue weighted by molar-refractivity contribution is 9.10. The van der Waals surface area contributed by atoms with Crippen LogP contribution >= 0.6 is 15.9 Å². The van der Waals surface area contributed by atoms with E-state index < -0.39 is 12.1 Å². The van der Waals surface area contributed by atoms with E-state index in [-0.39, 0.29) is 5.91 Å². The summed E-state index contributed by atoms with van der Waals surface area (Å²) in [5.74, 6) is 0.395.